The number of nitrogens with zero attached hydrogens (tertiary/aromatic N) is 7. The van der Waals surface area contributed by atoms with Gasteiger partial charge in [0.1, 0.15) is 0 Å². The van der Waals surface area contributed by atoms with Gasteiger partial charge >= 0.3 is 0 Å². The van der Waals surface area contributed by atoms with Crippen LogP contribution >= 0.6 is 56.9 Å². The van der Waals surface area contributed by atoms with Gasteiger partial charge in [0.05, 0.1) is 64.9 Å². The summed E-state index contributed by atoms with van der Waals surface area (Å²) in [5, 5.41) is 17.8. The van der Waals surface area contributed by atoms with Crippen molar-refractivity contribution < 1.29 is 0 Å². The zero-order valence-electron chi connectivity index (χ0n) is 55.7. The maximum atomic E-state index is 6.41. The molecule has 0 unspecified atom stereocenters. The first-order valence-electron chi connectivity index (χ1n) is 34.9. The van der Waals surface area contributed by atoms with Gasteiger partial charge in [-0.3, -0.25) is 4.57 Å². The normalized spacial score (nSPS) is 12.0. The molecule has 24 rings (SSSR count). The highest BCUT2D eigenvalue weighted by Gasteiger charge is 2.25. The zero-order chi connectivity index (χ0) is 69.0. The van der Waals surface area contributed by atoms with E-state index in [1.807, 2.05) is 34.8 Å². The molecule has 0 aliphatic carbocycles. The maximum absolute atomic E-state index is 6.41. The molecule has 0 bridgehead atoms. The van der Waals surface area contributed by atoms with Crippen LogP contribution in [0.5, 0.6) is 0 Å². The topological polar surface area (TPSA) is 82.1 Å². The van der Waals surface area contributed by atoms with Gasteiger partial charge in [0.15, 0.2) is 0 Å². The molecule has 0 aliphatic heterocycles. The highest BCUT2D eigenvalue weighted by molar-refractivity contribution is 7.28. The van der Waals surface area contributed by atoms with Crippen LogP contribution in [0.15, 0.2) is 315 Å². The lowest BCUT2D eigenvalue weighted by atomic mass is 10.1. The molecule has 8 nitrogen and oxygen atoms in total. The number of halogens is 1. The van der Waals surface area contributed by atoms with Gasteiger partial charge in [-0.1, -0.05) is 206 Å². The molecule has 105 heavy (non-hydrogen) atoms. The average Bonchev–Trinajstić information content (AvgIpc) is 1.57. The molecule has 13 heteroatoms. The van der Waals surface area contributed by atoms with Crippen LogP contribution in [-0.4, -0.2) is 38.6 Å². The Morgan fingerprint density at radius 3 is 1.22 bits per heavy atom. The number of benzene rings is 14. The highest BCUT2D eigenvalue weighted by atomic mass is 35.5. The smallest absolute Gasteiger partial charge is 0.235 e. The predicted octanol–water partition coefficient (Wildman–Crippen LogP) is 27.0. The van der Waals surface area contributed by atoms with Crippen LogP contribution in [0.2, 0.25) is 5.28 Å². The molecule has 492 valence electrons. The largest absolute Gasteiger partial charge is 0.354 e. The van der Waals surface area contributed by atoms with Crippen molar-refractivity contribution in [3.63, 3.8) is 0 Å². The SMILES string of the molecule is Clc1nc(-c2ccc3c(c2)c2ccccc2n3-c2ccccc2)c2sc3ccccc3c2n1.c1ccc(-n2c3ccccc3c3cc(-c4nc(-n5c6ccccc6c6c7sc8ccccc8c7ccc65)nc5c4sc4ccccc45)ccc32)cc1.c1ccc2c(c1)[nH]c1ccc3c4ccccc4sc3c12. The number of thiophene rings is 4. The fourth-order valence-electron chi connectivity index (χ4n) is 16.2. The summed E-state index contributed by atoms with van der Waals surface area (Å²) in [6, 6.07) is 112. The van der Waals surface area contributed by atoms with Crippen molar-refractivity contribution in [2.45, 2.75) is 0 Å². The second-order valence-corrected chi connectivity index (χ2v) is 31.1. The summed E-state index contributed by atoms with van der Waals surface area (Å²) in [6.45, 7) is 0. The second-order valence-electron chi connectivity index (χ2n) is 26.5. The van der Waals surface area contributed by atoms with Gasteiger partial charge in [-0.05, 0) is 121 Å². The van der Waals surface area contributed by atoms with Crippen molar-refractivity contribution in [3.8, 4) is 39.8 Å². The van der Waals surface area contributed by atoms with Crippen LogP contribution in [0.1, 0.15) is 0 Å². The molecule has 0 fully saturated rings. The lowest BCUT2D eigenvalue weighted by Crippen LogP contribution is -2.02. The van der Waals surface area contributed by atoms with E-state index in [1.54, 1.807) is 22.7 Å². The molecule has 0 radical (unpaired) electrons. The van der Waals surface area contributed by atoms with Gasteiger partial charge in [0.2, 0.25) is 11.2 Å². The average molecular weight is 1430 g/mol. The minimum Gasteiger partial charge on any atom is -0.354 e. The van der Waals surface area contributed by atoms with Crippen molar-refractivity contribution in [1.82, 2.24) is 38.6 Å². The number of aromatic amines is 1. The van der Waals surface area contributed by atoms with Crippen LogP contribution in [0.3, 0.4) is 0 Å². The summed E-state index contributed by atoms with van der Waals surface area (Å²) in [6.07, 6.45) is 0. The summed E-state index contributed by atoms with van der Waals surface area (Å²) in [4.78, 5) is 23.7. The molecular formula is C92H53ClN8S4. The van der Waals surface area contributed by atoms with Crippen molar-refractivity contribution in [2.24, 2.45) is 0 Å². The van der Waals surface area contributed by atoms with Gasteiger partial charge in [-0.25, -0.2) is 19.9 Å². The third kappa shape index (κ3) is 9.41. The zero-order valence-corrected chi connectivity index (χ0v) is 59.7. The lowest BCUT2D eigenvalue weighted by molar-refractivity contribution is 1.02. The molecule has 0 saturated carbocycles. The fourth-order valence-corrected chi connectivity index (χ4v) is 21.2. The first-order chi connectivity index (χ1) is 52.0. The van der Waals surface area contributed by atoms with E-state index < -0.39 is 0 Å². The number of para-hydroxylation sites is 6. The number of rotatable bonds is 5. The first-order valence-corrected chi connectivity index (χ1v) is 38.5. The Balaban J connectivity index is 0.000000110. The number of fused-ring (bicyclic) bond motifs is 26. The van der Waals surface area contributed by atoms with Crippen LogP contribution in [0.4, 0.5) is 0 Å². The summed E-state index contributed by atoms with van der Waals surface area (Å²) < 4.78 is 16.9. The summed E-state index contributed by atoms with van der Waals surface area (Å²) >= 11 is 13.7. The third-order valence-corrected chi connectivity index (χ3v) is 25.6. The van der Waals surface area contributed by atoms with E-state index in [-0.39, 0.29) is 5.28 Å². The van der Waals surface area contributed by atoms with E-state index in [1.165, 1.54) is 126 Å². The second kappa shape index (κ2) is 23.8. The molecular weight excluding hydrogens is 1380 g/mol. The van der Waals surface area contributed by atoms with E-state index in [2.05, 4.69) is 332 Å². The number of hydrogen-bond acceptors (Lipinski definition) is 8. The van der Waals surface area contributed by atoms with Crippen molar-refractivity contribution in [3.05, 3.63) is 321 Å². The standard InChI is InChI=1S/C46H26N4S2.C28H16ClN3S.C18H11NS/c1-2-12-28(13-3-1)49-35-18-8-4-14-29(35)34-26-27(22-24-37(34)49)42-45-43(33-17-7-11-21-40(33)52-45)48-46(47-42)50-36-19-9-5-16-32(36)41-38(50)25-23-31-30-15-6-10-20-39(30)51-44(31)41;29-28-30-25(27-26(31-28)20-11-5-7-13-24(20)33-27)17-14-15-23-21(16-17)19-10-4-6-12-22(19)32(23)18-8-2-1-3-9-18;1-3-7-14-13(6-1)17-15(19-14)10-9-12-11-5-2-4-8-16(11)20-18(12)17/h1-26H;1-16H;1-10,19H. The Morgan fingerprint density at radius 2 is 0.657 bits per heavy atom. The fraction of sp³-hybridized carbons (Fsp3) is 0. The van der Waals surface area contributed by atoms with Gasteiger partial charge in [0.25, 0.3) is 0 Å². The molecule has 0 spiro atoms. The minimum absolute atomic E-state index is 0.271. The van der Waals surface area contributed by atoms with E-state index >= 15 is 0 Å². The summed E-state index contributed by atoms with van der Waals surface area (Å²) in [7, 11) is 0. The van der Waals surface area contributed by atoms with Crippen molar-refractivity contribution in [1.29, 1.82) is 0 Å². The molecule has 1 N–H and O–H groups in total. The summed E-state index contributed by atoms with van der Waals surface area (Å²) in [5.74, 6) is 0.685. The highest BCUT2D eigenvalue weighted by Crippen LogP contribution is 2.48. The van der Waals surface area contributed by atoms with E-state index in [4.69, 9.17) is 21.6 Å². The molecule has 0 amide bonds. The molecule has 14 aromatic carbocycles. The van der Waals surface area contributed by atoms with E-state index in [0.29, 0.717) is 5.95 Å². The van der Waals surface area contributed by atoms with Gasteiger partial charge < -0.3 is 14.1 Å². The lowest BCUT2D eigenvalue weighted by Gasteiger charge is -2.11. The quantitative estimate of drug-likeness (QED) is 0.174. The van der Waals surface area contributed by atoms with Crippen molar-refractivity contribution >= 4 is 225 Å². The van der Waals surface area contributed by atoms with Crippen LogP contribution in [-0.2, 0) is 0 Å². The Morgan fingerprint density at radius 1 is 0.257 bits per heavy atom. The minimum atomic E-state index is 0.271. The van der Waals surface area contributed by atoms with E-state index in [0.717, 1.165) is 76.1 Å². The Kier molecular flexibility index (Phi) is 13.7. The van der Waals surface area contributed by atoms with Crippen molar-refractivity contribution in [2.75, 3.05) is 0 Å². The molecule has 0 atom stereocenters. The Hall–Kier alpha value is -12.4. The number of hydrogen-bond donors (Lipinski definition) is 1. The maximum Gasteiger partial charge on any atom is 0.235 e. The van der Waals surface area contributed by atoms with Gasteiger partial charge in [-0.15, -0.1) is 45.3 Å². The van der Waals surface area contributed by atoms with E-state index in [9.17, 15) is 0 Å². The van der Waals surface area contributed by atoms with Crippen LogP contribution in [0, 0.1) is 0 Å². The first kappa shape index (κ1) is 60.2. The third-order valence-electron chi connectivity index (χ3n) is 20.7. The van der Waals surface area contributed by atoms with Gasteiger partial charge in [-0.2, -0.15) is 0 Å². The van der Waals surface area contributed by atoms with Gasteiger partial charge in [0, 0.05) is 137 Å². The molecule has 0 saturated heterocycles. The van der Waals surface area contributed by atoms with Crippen LogP contribution < -0.4 is 0 Å². The Bertz CT molecular complexity index is 7700. The summed E-state index contributed by atoms with van der Waals surface area (Å²) in [5.41, 5.74) is 17.5. The molecule has 0 aliphatic rings. The van der Waals surface area contributed by atoms with Crippen LogP contribution in [0.25, 0.3) is 208 Å². The monoisotopic (exact) mass is 1430 g/mol. The number of H-pyrrole nitrogens is 1. The Labute approximate surface area is 619 Å². The molecule has 24 aromatic rings. The predicted molar refractivity (Wildman–Crippen MR) is 450 cm³/mol. The molecule has 10 aromatic heterocycles. The number of aromatic nitrogens is 8. The molecule has 10 heterocycles. The number of nitrogens with one attached hydrogen (secondary N) is 1.